The molecular weight excluding hydrogens is 310 g/mol. The molecule has 1 unspecified atom stereocenters. The number of rotatable bonds is 4. The predicted molar refractivity (Wildman–Crippen MR) is 95.1 cm³/mol. The maximum absolute atomic E-state index is 12.6. The van der Waals surface area contributed by atoms with E-state index in [-0.39, 0.29) is 6.03 Å². The van der Waals surface area contributed by atoms with Gasteiger partial charge in [-0.1, -0.05) is 11.6 Å². The van der Waals surface area contributed by atoms with Crippen LogP contribution in [0, 0.1) is 0 Å². The minimum Gasteiger partial charge on any atom is -0.322 e. The van der Waals surface area contributed by atoms with Gasteiger partial charge in [-0.05, 0) is 75.9 Å². The first-order valence-corrected chi connectivity index (χ1v) is 9.16. The largest absolute Gasteiger partial charge is 0.322 e. The zero-order chi connectivity index (χ0) is 16.1. The molecule has 3 rings (SSSR count). The van der Waals surface area contributed by atoms with Crippen molar-refractivity contribution in [1.82, 2.24) is 9.80 Å². The van der Waals surface area contributed by atoms with Gasteiger partial charge in [0.2, 0.25) is 0 Å². The molecule has 0 aliphatic carbocycles. The van der Waals surface area contributed by atoms with Gasteiger partial charge in [0, 0.05) is 29.8 Å². The number of benzene rings is 1. The fourth-order valence-electron chi connectivity index (χ4n) is 3.63. The van der Waals surface area contributed by atoms with Gasteiger partial charge in [-0.3, -0.25) is 0 Å². The van der Waals surface area contributed by atoms with Gasteiger partial charge in [0.15, 0.2) is 0 Å². The van der Waals surface area contributed by atoms with Crippen LogP contribution < -0.4 is 5.32 Å². The molecule has 1 atom stereocenters. The van der Waals surface area contributed by atoms with Crippen LogP contribution in [0.3, 0.4) is 0 Å². The molecule has 1 N–H and O–H groups in total. The van der Waals surface area contributed by atoms with E-state index in [0.717, 1.165) is 38.0 Å². The van der Waals surface area contributed by atoms with E-state index < -0.39 is 0 Å². The van der Waals surface area contributed by atoms with E-state index in [0.29, 0.717) is 11.1 Å². The van der Waals surface area contributed by atoms with Crippen molar-refractivity contribution in [3.05, 3.63) is 29.3 Å². The Labute approximate surface area is 143 Å². The molecule has 2 amide bonds. The fourth-order valence-corrected chi connectivity index (χ4v) is 3.76. The summed E-state index contributed by atoms with van der Waals surface area (Å²) < 4.78 is 0. The minimum atomic E-state index is 0.0263. The van der Waals surface area contributed by atoms with Crippen LogP contribution in [0.4, 0.5) is 10.5 Å². The smallest absolute Gasteiger partial charge is 0.322 e. The van der Waals surface area contributed by atoms with Crippen LogP contribution >= 0.6 is 11.6 Å². The van der Waals surface area contributed by atoms with Crippen molar-refractivity contribution in [3.63, 3.8) is 0 Å². The summed E-state index contributed by atoms with van der Waals surface area (Å²) >= 11 is 5.90. The molecule has 23 heavy (non-hydrogen) atoms. The number of urea groups is 1. The standard InChI is InChI=1S/C18H26ClN3O/c19-15-6-8-16(9-7-15)20-18(23)22-13-2-1-5-17(22)10-14-21-11-3-4-12-21/h6-9,17H,1-5,10-14H2,(H,20,23). The molecule has 1 aromatic carbocycles. The summed E-state index contributed by atoms with van der Waals surface area (Å²) in [6.07, 6.45) is 7.20. The van der Waals surface area contributed by atoms with E-state index in [4.69, 9.17) is 11.6 Å². The van der Waals surface area contributed by atoms with Crippen LogP contribution in [0.2, 0.25) is 5.02 Å². The number of anilines is 1. The number of halogens is 1. The topological polar surface area (TPSA) is 35.6 Å². The first kappa shape index (κ1) is 16.6. The van der Waals surface area contributed by atoms with Gasteiger partial charge in [0.25, 0.3) is 0 Å². The molecule has 0 bridgehead atoms. The second-order valence-corrected chi connectivity index (χ2v) is 7.05. The van der Waals surface area contributed by atoms with Gasteiger partial charge in [-0.25, -0.2) is 4.79 Å². The van der Waals surface area contributed by atoms with Crippen LogP contribution in [-0.4, -0.2) is 48.1 Å². The molecular formula is C18H26ClN3O. The van der Waals surface area contributed by atoms with Gasteiger partial charge in [-0.15, -0.1) is 0 Å². The molecule has 0 spiro atoms. The van der Waals surface area contributed by atoms with Crippen molar-refractivity contribution < 1.29 is 4.79 Å². The number of amides is 2. The number of hydrogen-bond donors (Lipinski definition) is 1. The second kappa shape index (κ2) is 8.02. The fraction of sp³-hybridized carbons (Fsp3) is 0.611. The molecule has 4 nitrogen and oxygen atoms in total. The van der Waals surface area contributed by atoms with Crippen LogP contribution in [-0.2, 0) is 0 Å². The Morgan fingerprint density at radius 1 is 1.09 bits per heavy atom. The molecule has 2 saturated heterocycles. The number of nitrogens with one attached hydrogen (secondary N) is 1. The molecule has 5 heteroatoms. The maximum atomic E-state index is 12.6. The molecule has 2 aliphatic heterocycles. The van der Waals surface area contributed by atoms with Gasteiger partial charge >= 0.3 is 6.03 Å². The summed E-state index contributed by atoms with van der Waals surface area (Å²) in [5, 5.41) is 3.70. The van der Waals surface area contributed by atoms with Crippen LogP contribution in [0.15, 0.2) is 24.3 Å². The Balaban J connectivity index is 1.55. The number of likely N-dealkylation sites (tertiary alicyclic amines) is 2. The van der Waals surface area contributed by atoms with E-state index >= 15 is 0 Å². The van der Waals surface area contributed by atoms with Gasteiger partial charge < -0.3 is 15.1 Å². The highest BCUT2D eigenvalue weighted by Gasteiger charge is 2.27. The Kier molecular flexibility index (Phi) is 5.79. The van der Waals surface area contributed by atoms with E-state index in [1.807, 2.05) is 17.0 Å². The van der Waals surface area contributed by atoms with Crippen molar-refractivity contribution in [2.45, 2.75) is 44.6 Å². The third-order valence-corrected chi connectivity index (χ3v) is 5.21. The molecule has 2 aliphatic rings. The molecule has 2 heterocycles. The third kappa shape index (κ3) is 4.61. The number of nitrogens with zero attached hydrogens (tertiary/aromatic N) is 2. The van der Waals surface area contributed by atoms with Crippen molar-refractivity contribution in [1.29, 1.82) is 0 Å². The lowest BCUT2D eigenvalue weighted by Crippen LogP contribution is -2.47. The first-order valence-electron chi connectivity index (χ1n) is 8.78. The van der Waals surface area contributed by atoms with Crippen LogP contribution in [0.5, 0.6) is 0 Å². The molecule has 0 saturated carbocycles. The Hall–Kier alpha value is -1.26. The summed E-state index contributed by atoms with van der Waals surface area (Å²) in [7, 11) is 0. The summed E-state index contributed by atoms with van der Waals surface area (Å²) in [4.78, 5) is 17.2. The van der Waals surface area contributed by atoms with Gasteiger partial charge in [0.1, 0.15) is 0 Å². The zero-order valence-electron chi connectivity index (χ0n) is 13.6. The quantitative estimate of drug-likeness (QED) is 0.894. The second-order valence-electron chi connectivity index (χ2n) is 6.62. The maximum Gasteiger partial charge on any atom is 0.322 e. The first-order chi connectivity index (χ1) is 11.2. The molecule has 0 radical (unpaired) electrons. The number of piperidine rings is 1. The Bertz CT molecular complexity index is 514. The SMILES string of the molecule is O=C(Nc1ccc(Cl)cc1)N1CCCCC1CCN1CCCC1. The normalized spacial score (nSPS) is 22.3. The molecule has 126 valence electrons. The summed E-state index contributed by atoms with van der Waals surface area (Å²) in [6.45, 7) is 4.44. The number of carbonyl (C=O) groups excluding carboxylic acids is 1. The zero-order valence-corrected chi connectivity index (χ0v) is 14.4. The van der Waals surface area contributed by atoms with Crippen molar-refractivity contribution in [2.75, 3.05) is 31.5 Å². The molecule has 2 fully saturated rings. The van der Waals surface area contributed by atoms with E-state index in [1.165, 1.54) is 32.4 Å². The average molecular weight is 336 g/mol. The molecule has 0 aromatic heterocycles. The summed E-state index contributed by atoms with van der Waals surface area (Å²) in [5.41, 5.74) is 0.809. The monoisotopic (exact) mass is 335 g/mol. The predicted octanol–water partition coefficient (Wildman–Crippen LogP) is 4.21. The molecule has 1 aromatic rings. The third-order valence-electron chi connectivity index (χ3n) is 4.96. The lowest BCUT2D eigenvalue weighted by molar-refractivity contribution is 0.149. The Morgan fingerprint density at radius 2 is 1.78 bits per heavy atom. The van der Waals surface area contributed by atoms with Crippen molar-refractivity contribution >= 4 is 23.3 Å². The number of carbonyl (C=O) groups is 1. The lowest BCUT2D eigenvalue weighted by atomic mass is 9.99. The van der Waals surface area contributed by atoms with E-state index in [1.54, 1.807) is 12.1 Å². The highest BCUT2D eigenvalue weighted by Crippen LogP contribution is 2.22. The van der Waals surface area contributed by atoms with Crippen molar-refractivity contribution in [3.8, 4) is 0 Å². The van der Waals surface area contributed by atoms with E-state index in [9.17, 15) is 4.79 Å². The van der Waals surface area contributed by atoms with Crippen LogP contribution in [0.25, 0.3) is 0 Å². The Morgan fingerprint density at radius 3 is 2.52 bits per heavy atom. The van der Waals surface area contributed by atoms with Crippen molar-refractivity contribution in [2.24, 2.45) is 0 Å². The minimum absolute atomic E-state index is 0.0263. The number of hydrogen-bond acceptors (Lipinski definition) is 2. The highest BCUT2D eigenvalue weighted by atomic mass is 35.5. The average Bonchev–Trinajstić information content (AvgIpc) is 3.09. The summed E-state index contributed by atoms with van der Waals surface area (Å²) in [6, 6.07) is 7.71. The lowest BCUT2D eigenvalue weighted by Gasteiger charge is -2.36. The summed E-state index contributed by atoms with van der Waals surface area (Å²) in [5.74, 6) is 0. The van der Waals surface area contributed by atoms with E-state index in [2.05, 4.69) is 10.2 Å². The van der Waals surface area contributed by atoms with Gasteiger partial charge in [0.05, 0.1) is 0 Å². The van der Waals surface area contributed by atoms with Gasteiger partial charge in [-0.2, -0.15) is 0 Å². The highest BCUT2D eigenvalue weighted by molar-refractivity contribution is 6.30. The van der Waals surface area contributed by atoms with Crippen LogP contribution in [0.1, 0.15) is 38.5 Å².